The van der Waals surface area contributed by atoms with Gasteiger partial charge in [0.2, 0.25) is 0 Å². The van der Waals surface area contributed by atoms with E-state index >= 15 is 0 Å². The van der Waals surface area contributed by atoms with Crippen molar-refractivity contribution in [1.29, 1.82) is 0 Å². The molecule has 0 fully saturated rings. The fraction of sp³-hybridized carbons (Fsp3) is 0.200. The van der Waals surface area contributed by atoms with E-state index in [4.69, 9.17) is 12.2 Å². The molecule has 1 aromatic heterocycles. The van der Waals surface area contributed by atoms with Crippen LogP contribution in [-0.4, -0.2) is 22.0 Å². The Morgan fingerprint density at radius 2 is 2.00 bits per heavy atom. The van der Waals surface area contributed by atoms with Crippen LogP contribution in [0.25, 0.3) is 0 Å². The van der Waals surface area contributed by atoms with Gasteiger partial charge in [0, 0.05) is 10.7 Å². The van der Waals surface area contributed by atoms with Crippen LogP contribution in [0.4, 0.5) is 0 Å². The number of aromatic nitrogens is 1. The number of rotatable bonds is 4. The van der Waals surface area contributed by atoms with Gasteiger partial charge in [0.05, 0.1) is 17.7 Å². The van der Waals surface area contributed by atoms with Gasteiger partial charge in [-0.05, 0) is 36.8 Å². The highest BCUT2D eigenvalue weighted by molar-refractivity contribution is 9.10. The fourth-order valence-electron chi connectivity index (χ4n) is 1.91. The molecular weight excluding hydrogens is 352 g/mol. The van der Waals surface area contributed by atoms with Crippen molar-refractivity contribution < 1.29 is 9.90 Å². The maximum absolute atomic E-state index is 12.1. The van der Waals surface area contributed by atoms with Crippen LogP contribution in [0.2, 0.25) is 0 Å². The van der Waals surface area contributed by atoms with E-state index in [-0.39, 0.29) is 5.91 Å². The molecule has 4 nitrogen and oxygen atoms in total. The highest BCUT2D eigenvalue weighted by Crippen LogP contribution is 2.19. The molecule has 1 aromatic carbocycles. The molecule has 0 aliphatic heterocycles. The highest BCUT2D eigenvalue weighted by atomic mass is 79.9. The summed E-state index contributed by atoms with van der Waals surface area (Å²) in [6.45, 7) is 1.75. The average Bonchev–Trinajstić information content (AvgIpc) is 2.47. The molecule has 0 aliphatic carbocycles. The first kappa shape index (κ1) is 15.9. The van der Waals surface area contributed by atoms with E-state index < -0.39 is 12.1 Å². The van der Waals surface area contributed by atoms with Gasteiger partial charge in [0.25, 0.3) is 5.91 Å². The first-order valence-electron chi connectivity index (χ1n) is 6.41. The van der Waals surface area contributed by atoms with Gasteiger partial charge in [-0.3, -0.25) is 4.79 Å². The fourth-order valence-corrected chi connectivity index (χ4v) is 2.41. The lowest BCUT2D eigenvalue weighted by molar-refractivity contribution is 0.0851. The lowest BCUT2D eigenvalue weighted by Crippen LogP contribution is -2.37. The summed E-state index contributed by atoms with van der Waals surface area (Å²) in [4.78, 5) is 15.0. The zero-order valence-electron chi connectivity index (χ0n) is 11.3. The van der Waals surface area contributed by atoms with Crippen LogP contribution < -0.4 is 5.32 Å². The van der Waals surface area contributed by atoms with Crippen molar-refractivity contribution in [2.45, 2.75) is 19.1 Å². The molecule has 1 heterocycles. The Morgan fingerprint density at radius 3 is 2.62 bits per heavy atom. The molecule has 2 rings (SSSR count). The van der Waals surface area contributed by atoms with Crippen molar-refractivity contribution in [2.24, 2.45) is 0 Å². The molecule has 0 bridgehead atoms. The molecule has 0 saturated heterocycles. The number of pyridine rings is 1. The van der Waals surface area contributed by atoms with Crippen LogP contribution in [-0.2, 0) is 0 Å². The van der Waals surface area contributed by atoms with Crippen LogP contribution in [0.15, 0.2) is 47.1 Å². The minimum absolute atomic E-state index is 0.305. The molecule has 1 amide bonds. The third kappa shape index (κ3) is 4.00. The zero-order valence-corrected chi connectivity index (χ0v) is 13.7. The van der Waals surface area contributed by atoms with Crippen molar-refractivity contribution >= 4 is 34.1 Å². The van der Waals surface area contributed by atoms with Crippen LogP contribution in [0, 0.1) is 4.64 Å². The van der Waals surface area contributed by atoms with Gasteiger partial charge in [-0.25, -0.2) is 0 Å². The SMILES string of the molecule is C[C@H](NC(=O)c1ccc[nH]c1=S)[C@H](O)c1ccc(Br)cc1. The Hall–Kier alpha value is -1.50. The van der Waals surface area contributed by atoms with E-state index in [1.165, 1.54) is 0 Å². The predicted molar refractivity (Wildman–Crippen MR) is 87.7 cm³/mol. The lowest BCUT2D eigenvalue weighted by atomic mass is 10.0. The number of carbonyl (C=O) groups excluding carboxylic acids is 1. The molecule has 0 spiro atoms. The number of nitrogens with one attached hydrogen (secondary N) is 2. The highest BCUT2D eigenvalue weighted by Gasteiger charge is 2.19. The van der Waals surface area contributed by atoms with Crippen molar-refractivity contribution in [3.63, 3.8) is 0 Å². The number of halogens is 1. The summed E-state index contributed by atoms with van der Waals surface area (Å²) in [5.41, 5.74) is 1.13. The van der Waals surface area contributed by atoms with Crippen molar-refractivity contribution in [2.75, 3.05) is 0 Å². The normalized spacial score (nSPS) is 13.5. The van der Waals surface area contributed by atoms with Gasteiger partial charge in [-0.1, -0.05) is 40.3 Å². The summed E-state index contributed by atoms with van der Waals surface area (Å²) >= 11 is 8.41. The third-order valence-electron chi connectivity index (χ3n) is 3.11. The molecule has 2 aromatic rings. The number of hydrogen-bond acceptors (Lipinski definition) is 3. The number of carbonyl (C=O) groups is 1. The van der Waals surface area contributed by atoms with Crippen LogP contribution in [0.5, 0.6) is 0 Å². The molecule has 21 heavy (non-hydrogen) atoms. The lowest BCUT2D eigenvalue weighted by Gasteiger charge is -2.20. The number of aliphatic hydroxyl groups excluding tert-OH is 1. The van der Waals surface area contributed by atoms with Gasteiger partial charge >= 0.3 is 0 Å². The van der Waals surface area contributed by atoms with Gasteiger partial charge in [-0.15, -0.1) is 0 Å². The van der Waals surface area contributed by atoms with E-state index in [9.17, 15) is 9.90 Å². The number of hydrogen-bond donors (Lipinski definition) is 3. The Kier molecular flexibility index (Phi) is 5.27. The molecule has 110 valence electrons. The van der Waals surface area contributed by atoms with Gasteiger partial charge in [0.15, 0.2) is 0 Å². The second-order valence-corrected chi connectivity index (χ2v) is 6.00. The minimum atomic E-state index is -0.789. The summed E-state index contributed by atoms with van der Waals surface area (Å²) in [5.74, 6) is -0.305. The molecule has 0 saturated carbocycles. The first-order chi connectivity index (χ1) is 9.99. The van der Waals surface area contributed by atoms with E-state index in [0.29, 0.717) is 10.2 Å². The monoisotopic (exact) mass is 366 g/mol. The summed E-state index contributed by atoms with van der Waals surface area (Å²) in [7, 11) is 0. The number of H-pyrrole nitrogens is 1. The molecule has 3 N–H and O–H groups in total. The van der Waals surface area contributed by atoms with Crippen molar-refractivity contribution in [1.82, 2.24) is 10.3 Å². The number of aliphatic hydroxyl groups is 1. The second-order valence-electron chi connectivity index (χ2n) is 4.67. The van der Waals surface area contributed by atoms with E-state index in [0.717, 1.165) is 10.0 Å². The second kappa shape index (κ2) is 6.98. The van der Waals surface area contributed by atoms with E-state index in [1.54, 1.807) is 25.3 Å². The molecular formula is C15H15BrN2O2S. The molecule has 0 unspecified atom stereocenters. The van der Waals surface area contributed by atoms with Crippen molar-refractivity contribution in [3.8, 4) is 0 Å². The topological polar surface area (TPSA) is 65.1 Å². The Bertz CT molecular complexity index is 685. The van der Waals surface area contributed by atoms with E-state index in [1.807, 2.05) is 24.3 Å². The smallest absolute Gasteiger partial charge is 0.254 e. The van der Waals surface area contributed by atoms with Crippen molar-refractivity contribution in [3.05, 3.63) is 62.8 Å². The number of amides is 1. The minimum Gasteiger partial charge on any atom is -0.386 e. The summed E-state index contributed by atoms with van der Waals surface area (Å²) in [6.07, 6.45) is 0.877. The van der Waals surface area contributed by atoms with Crippen LogP contribution >= 0.6 is 28.1 Å². The number of aromatic amines is 1. The quantitative estimate of drug-likeness (QED) is 0.726. The maximum Gasteiger partial charge on any atom is 0.254 e. The average molecular weight is 367 g/mol. The van der Waals surface area contributed by atoms with Crippen LogP contribution in [0.1, 0.15) is 28.9 Å². The molecule has 0 aliphatic rings. The van der Waals surface area contributed by atoms with Gasteiger partial charge in [0.1, 0.15) is 4.64 Å². The molecule has 6 heteroatoms. The number of benzene rings is 1. The molecule has 2 atom stereocenters. The molecule has 0 radical (unpaired) electrons. The van der Waals surface area contributed by atoms with E-state index in [2.05, 4.69) is 26.2 Å². The van der Waals surface area contributed by atoms with Gasteiger partial charge < -0.3 is 15.4 Å². The Morgan fingerprint density at radius 1 is 1.33 bits per heavy atom. The largest absolute Gasteiger partial charge is 0.386 e. The Balaban J connectivity index is 2.09. The summed E-state index contributed by atoms with van der Waals surface area (Å²) in [5, 5.41) is 13.0. The maximum atomic E-state index is 12.1. The summed E-state index contributed by atoms with van der Waals surface area (Å²) < 4.78 is 1.31. The van der Waals surface area contributed by atoms with Crippen LogP contribution in [0.3, 0.4) is 0 Å². The first-order valence-corrected chi connectivity index (χ1v) is 7.61. The summed E-state index contributed by atoms with van der Waals surface area (Å²) in [6, 6.07) is 10.2. The Labute approximate surface area is 136 Å². The predicted octanol–water partition coefficient (Wildman–Crippen LogP) is 3.36. The zero-order chi connectivity index (χ0) is 15.4. The standard InChI is InChI=1S/C15H15BrN2O2S/c1-9(13(19)10-4-6-11(16)7-5-10)18-14(20)12-3-2-8-17-15(12)21/h2-9,13,19H,1H3,(H,17,21)(H,18,20)/t9-,13-/m0/s1. The third-order valence-corrected chi connectivity index (χ3v) is 3.97. The van der Waals surface area contributed by atoms with Gasteiger partial charge in [-0.2, -0.15) is 0 Å².